The molecule has 6 nitrogen and oxygen atoms in total. The van der Waals surface area contributed by atoms with Gasteiger partial charge >= 0.3 is 0 Å². The van der Waals surface area contributed by atoms with Crippen LogP contribution in [-0.2, 0) is 4.79 Å². The van der Waals surface area contributed by atoms with Crippen molar-refractivity contribution >= 4 is 17.5 Å². The van der Waals surface area contributed by atoms with Gasteiger partial charge in [-0.15, -0.1) is 0 Å². The van der Waals surface area contributed by atoms with Gasteiger partial charge in [0.15, 0.2) is 0 Å². The third-order valence-electron chi connectivity index (χ3n) is 4.68. The molecule has 0 atom stereocenters. The van der Waals surface area contributed by atoms with Crippen LogP contribution >= 0.6 is 0 Å². The molecule has 0 bridgehead atoms. The lowest BCUT2D eigenvalue weighted by atomic mass is 10.0. The molecule has 2 heterocycles. The van der Waals surface area contributed by atoms with Crippen LogP contribution in [0.1, 0.15) is 18.1 Å². The Labute approximate surface area is 168 Å². The number of rotatable bonds is 4. The molecule has 1 amide bonds. The van der Waals surface area contributed by atoms with E-state index in [2.05, 4.69) is 15.1 Å². The van der Waals surface area contributed by atoms with Crippen molar-refractivity contribution in [1.82, 2.24) is 15.1 Å². The molecule has 0 saturated carbocycles. The number of anilines is 2. The molecular weight excluding hydrogens is 364 g/mol. The van der Waals surface area contributed by atoms with Crippen molar-refractivity contribution < 1.29 is 9.32 Å². The quantitative estimate of drug-likeness (QED) is 0.489. The summed E-state index contributed by atoms with van der Waals surface area (Å²) in [5.41, 5.74) is 5.53. The molecule has 0 unspecified atom stereocenters. The van der Waals surface area contributed by atoms with Gasteiger partial charge in [-0.25, -0.2) is 14.9 Å². The summed E-state index contributed by atoms with van der Waals surface area (Å²) in [5, 5.41) is 4.31. The highest BCUT2D eigenvalue weighted by atomic mass is 16.5. The van der Waals surface area contributed by atoms with E-state index in [9.17, 15) is 4.79 Å². The largest absolute Gasteiger partial charge is 0.336 e. The van der Waals surface area contributed by atoms with Crippen molar-refractivity contribution in [3.8, 4) is 22.5 Å². The second-order valence-corrected chi connectivity index (χ2v) is 6.82. The molecule has 2 aromatic carbocycles. The van der Waals surface area contributed by atoms with E-state index in [-0.39, 0.29) is 5.91 Å². The zero-order chi connectivity index (χ0) is 20.4. The Morgan fingerprint density at radius 1 is 1.03 bits per heavy atom. The molecule has 4 rings (SSSR count). The number of carbonyl (C=O) groups is 1. The van der Waals surface area contributed by atoms with Crippen molar-refractivity contribution in [2.45, 2.75) is 20.8 Å². The smallest absolute Gasteiger partial charge is 0.248 e. The summed E-state index contributed by atoms with van der Waals surface area (Å²) in [4.78, 5) is 22.7. The lowest BCUT2D eigenvalue weighted by Crippen LogP contribution is -2.24. The Hall–Kier alpha value is -3.80. The molecule has 2 aromatic heterocycles. The van der Waals surface area contributed by atoms with Crippen LogP contribution < -0.4 is 4.90 Å². The summed E-state index contributed by atoms with van der Waals surface area (Å²) in [6.45, 7) is 5.46. The molecule has 0 saturated heterocycles. The fourth-order valence-corrected chi connectivity index (χ4v) is 3.28. The Kier molecular flexibility index (Phi) is 4.91. The van der Waals surface area contributed by atoms with E-state index in [4.69, 9.17) is 4.52 Å². The first-order valence-electron chi connectivity index (χ1n) is 9.25. The molecular formula is C23H20N4O2. The van der Waals surface area contributed by atoms with Crippen molar-refractivity contribution in [3.05, 3.63) is 78.2 Å². The van der Waals surface area contributed by atoms with Crippen LogP contribution in [0.4, 0.5) is 11.6 Å². The van der Waals surface area contributed by atoms with E-state index in [1.807, 2.05) is 62.4 Å². The predicted molar refractivity (Wildman–Crippen MR) is 112 cm³/mol. The number of benzene rings is 2. The van der Waals surface area contributed by atoms with Crippen LogP contribution in [0.3, 0.4) is 0 Å². The standard InChI is InChI=1S/C23H20N4O2/c1-15-9-10-16(2)20(13-15)27(17(3)28)23-21(19-11-12-24-14-25-19)22(26-29-23)18-7-5-4-6-8-18/h4-14H,1-3H3. The second-order valence-electron chi connectivity index (χ2n) is 6.82. The number of aryl methyl sites for hydroxylation is 2. The topological polar surface area (TPSA) is 72.1 Å². The fraction of sp³-hybridized carbons (Fsp3) is 0.130. The summed E-state index contributed by atoms with van der Waals surface area (Å²) < 4.78 is 5.77. The maximum atomic E-state index is 12.7. The zero-order valence-electron chi connectivity index (χ0n) is 16.5. The van der Waals surface area contributed by atoms with E-state index < -0.39 is 0 Å². The summed E-state index contributed by atoms with van der Waals surface area (Å²) in [5.74, 6) is 0.161. The number of nitrogens with zero attached hydrogens (tertiary/aromatic N) is 4. The lowest BCUT2D eigenvalue weighted by Gasteiger charge is -2.21. The van der Waals surface area contributed by atoms with Crippen molar-refractivity contribution in [2.75, 3.05) is 4.90 Å². The first kappa shape index (κ1) is 18.6. The van der Waals surface area contributed by atoms with Crippen LogP contribution in [0.15, 0.2) is 71.6 Å². The Bertz CT molecular complexity index is 1150. The SMILES string of the molecule is CC(=O)N(c1cc(C)ccc1C)c1onc(-c2ccccc2)c1-c1ccncn1. The van der Waals surface area contributed by atoms with Crippen LogP contribution in [0.5, 0.6) is 0 Å². The summed E-state index contributed by atoms with van der Waals surface area (Å²) in [6, 6.07) is 17.4. The average Bonchev–Trinajstić information content (AvgIpc) is 3.16. The van der Waals surface area contributed by atoms with Gasteiger partial charge in [-0.1, -0.05) is 47.6 Å². The molecule has 0 aliphatic carbocycles. The molecule has 0 aliphatic rings. The van der Waals surface area contributed by atoms with Crippen LogP contribution in [0.2, 0.25) is 0 Å². The molecule has 0 N–H and O–H groups in total. The molecule has 4 aromatic rings. The van der Waals surface area contributed by atoms with Crippen molar-refractivity contribution in [3.63, 3.8) is 0 Å². The van der Waals surface area contributed by atoms with Gasteiger partial charge in [0, 0.05) is 18.7 Å². The van der Waals surface area contributed by atoms with E-state index in [1.165, 1.54) is 13.3 Å². The highest BCUT2D eigenvalue weighted by Crippen LogP contribution is 2.42. The second kappa shape index (κ2) is 7.67. The third kappa shape index (κ3) is 3.52. The molecule has 144 valence electrons. The zero-order valence-corrected chi connectivity index (χ0v) is 16.5. The molecule has 0 fully saturated rings. The van der Waals surface area contributed by atoms with E-state index >= 15 is 0 Å². The monoisotopic (exact) mass is 384 g/mol. The fourth-order valence-electron chi connectivity index (χ4n) is 3.28. The average molecular weight is 384 g/mol. The van der Waals surface area contributed by atoms with Crippen LogP contribution in [0, 0.1) is 13.8 Å². The van der Waals surface area contributed by atoms with Crippen LogP contribution in [0.25, 0.3) is 22.5 Å². The van der Waals surface area contributed by atoms with Gasteiger partial charge in [0.05, 0.1) is 16.9 Å². The number of amides is 1. The number of hydrogen-bond donors (Lipinski definition) is 0. The minimum Gasteiger partial charge on any atom is -0.336 e. The van der Waals surface area contributed by atoms with Gasteiger partial charge in [-0.2, -0.15) is 0 Å². The van der Waals surface area contributed by atoms with E-state index in [1.54, 1.807) is 17.2 Å². The maximum absolute atomic E-state index is 12.7. The Morgan fingerprint density at radius 3 is 2.52 bits per heavy atom. The predicted octanol–water partition coefficient (Wildman–Crippen LogP) is 5.10. The van der Waals surface area contributed by atoms with Crippen molar-refractivity contribution in [2.24, 2.45) is 0 Å². The maximum Gasteiger partial charge on any atom is 0.248 e. The van der Waals surface area contributed by atoms with Gasteiger partial charge in [-0.3, -0.25) is 4.79 Å². The first-order chi connectivity index (χ1) is 14.1. The molecule has 6 heteroatoms. The highest BCUT2D eigenvalue weighted by Gasteiger charge is 2.29. The van der Waals surface area contributed by atoms with Gasteiger partial charge in [0.1, 0.15) is 12.0 Å². The van der Waals surface area contributed by atoms with Gasteiger partial charge in [-0.05, 0) is 37.1 Å². The molecule has 0 aliphatic heterocycles. The van der Waals surface area contributed by atoms with Crippen LogP contribution in [-0.4, -0.2) is 21.0 Å². The minimum absolute atomic E-state index is 0.176. The summed E-state index contributed by atoms with van der Waals surface area (Å²) in [7, 11) is 0. The lowest BCUT2D eigenvalue weighted by molar-refractivity contribution is -0.116. The number of hydrogen-bond acceptors (Lipinski definition) is 5. The molecule has 0 radical (unpaired) electrons. The third-order valence-corrected chi connectivity index (χ3v) is 4.68. The molecule has 0 spiro atoms. The van der Waals surface area contributed by atoms with Gasteiger partial charge < -0.3 is 4.52 Å². The number of aromatic nitrogens is 3. The Balaban J connectivity index is 1.99. The van der Waals surface area contributed by atoms with Gasteiger partial charge in [0.25, 0.3) is 0 Å². The van der Waals surface area contributed by atoms with E-state index in [0.717, 1.165) is 22.4 Å². The summed E-state index contributed by atoms with van der Waals surface area (Å²) >= 11 is 0. The van der Waals surface area contributed by atoms with Crippen molar-refractivity contribution in [1.29, 1.82) is 0 Å². The van der Waals surface area contributed by atoms with E-state index in [0.29, 0.717) is 22.8 Å². The normalized spacial score (nSPS) is 10.7. The highest BCUT2D eigenvalue weighted by molar-refractivity contribution is 6.03. The first-order valence-corrected chi connectivity index (χ1v) is 9.25. The minimum atomic E-state index is -0.176. The number of carbonyl (C=O) groups excluding carboxylic acids is 1. The Morgan fingerprint density at radius 2 is 1.83 bits per heavy atom. The van der Waals surface area contributed by atoms with Gasteiger partial charge in [0.2, 0.25) is 11.8 Å². The molecule has 29 heavy (non-hydrogen) atoms. The summed E-state index contributed by atoms with van der Waals surface area (Å²) in [6.07, 6.45) is 3.13.